The van der Waals surface area contributed by atoms with Crippen molar-refractivity contribution >= 4 is 27.7 Å². The highest BCUT2D eigenvalue weighted by atomic mass is 79.9. The molecule has 1 fully saturated rings. The molecule has 36 heavy (non-hydrogen) atoms. The quantitative estimate of drug-likeness (QED) is 0.378. The summed E-state index contributed by atoms with van der Waals surface area (Å²) < 4.78 is 7.86. The third-order valence-corrected chi connectivity index (χ3v) is 9.85. The van der Waals surface area contributed by atoms with Gasteiger partial charge in [-0.2, -0.15) is 5.10 Å². The Labute approximate surface area is 220 Å². The van der Waals surface area contributed by atoms with E-state index in [2.05, 4.69) is 34.9 Å². The largest absolute Gasteiger partial charge is 0.450 e. The number of halogens is 1. The van der Waals surface area contributed by atoms with Crippen molar-refractivity contribution < 1.29 is 29.6 Å². The van der Waals surface area contributed by atoms with Gasteiger partial charge in [-0.25, -0.2) is 4.79 Å². The van der Waals surface area contributed by atoms with Crippen LogP contribution >= 0.6 is 15.9 Å². The lowest BCUT2D eigenvalue weighted by Gasteiger charge is -2.51. The molecular weight excluding hydrogens is 528 g/mol. The van der Waals surface area contributed by atoms with Crippen LogP contribution in [0.5, 0.6) is 0 Å². The minimum absolute atomic E-state index is 0.101. The molecule has 1 aromatic heterocycles. The Hall–Kier alpha value is -1.81. The maximum absolute atomic E-state index is 14.5. The van der Waals surface area contributed by atoms with Crippen molar-refractivity contribution in [2.24, 2.45) is 28.6 Å². The van der Waals surface area contributed by atoms with Crippen LogP contribution in [0, 0.1) is 28.6 Å². The number of ether oxygens (including phenoxy) is 1. The van der Waals surface area contributed by atoms with Gasteiger partial charge in [-0.05, 0) is 71.0 Å². The molecule has 3 aliphatic rings. The molecule has 0 amide bonds. The summed E-state index contributed by atoms with van der Waals surface area (Å²) in [6.45, 7) is 11.6. The average Bonchev–Trinajstić information content (AvgIpc) is 3.30. The van der Waals surface area contributed by atoms with E-state index in [1.54, 1.807) is 19.1 Å². The van der Waals surface area contributed by atoms with Gasteiger partial charge in [0.15, 0.2) is 23.2 Å². The first-order valence-electron chi connectivity index (χ1n) is 12.7. The highest BCUT2D eigenvalue weighted by Crippen LogP contribution is 2.61. The molecule has 198 valence electrons. The molecule has 0 aromatic carbocycles. The highest BCUT2D eigenvalue weighted by Gasteiger charge is 2.72. The van der Waals surface area contributed by atoms with Gasteiger partial charge in [-0.15, -0.1) is 0 Å². The van der Waals surface area contributed by atoms with Crippen LogP contribution in [0.25, 0.3) is 0 Å². The summed E-state index contributed by atoms with van der Waals surface area (Å²) in [6.07, 6.45) is 3.40. The number of aromatic nitrogens is 2. The number of aliphatic hydroxyl groups excluding tert-OH is 2. The summed E-state index contributed by atoms with van der Waals surface area (Å²) in [6, 6.07) is 0. The van der Waals surface area contributed by atoms with E-state index in [1.807, 2.05) is 20.8 Å². The molecule has 7 atom stereocenters. The van der Waals surface area contributed by atoms with Crippen LogP contribution in [0.4, 0.5) is 0 Å². The number of Topliss-reactive ketones (excluding diaryl/α,β-unsaturated/α-hetero) is 1. The first-order valence-corrected chi connectivity index (χ1v) is 13.4. The molecule has 1 aromatic rings. The zero-order chi connectivity index (χ0) is 26.8. The maximum atomic E-state index is 14.5. The summed E-state index contributed by atoms with van der Waals surface area (Å²) in [7, 11) is 0. The summed E-state index contributed by atoms with van der Waals surface area (Å²) in [5.74, 6) is -2.01. The van der Waals surface area contributed by atoms with Gasteiger partial charge in [0.25, 0.3) is 0 Å². The molecule has 1 saturated carbocycles. The van der Waals surface area contributed by atoms with Gasteiger partial charge in [-0.3, -0.25) is 9.48 Å². The van der Waals surface area contributed by atoms with Crippen LogP contribution in [0.2, 0.25) is 0 Å². The van der Waals surface area contributed by atoms with Gasteiger partial charge < -0.3 is 20.1 Å². The van der Waals surface area contributed by atoms with E-state index in [9.17, 15) is 24.9 Å². The topological polar surface area (TPSA) is 122 Å². The Morgan fingerprint density at radius 2 is 2.00 bits per heavy atom. The van der Waals surface area contributed by atoms with Gasteiger partial charge >= 0.3 is 5.97 Å². The van der Waals surface area contributed by atoms with Crippen LogP contribution in [0.1, 0.15) is 64.9 Å². The lowest BCUT2D eigenvalue weighted by molar-refractivity contribution is -0.194. The van der Waals surface area contributed by atoms with Crippen molar-refractivity contribution in [1.29, 1.82) is 0 Å². The highest BCUT2D eigenvalue weighted by molar-refractivity contribution is 9.10. The van der Waals surface area contributed by atoms with Crippen molar-refractivity contribution in [2.45, 2.75) is 78.7 Å². The molecule has 9 heteroatoms. The Bertz CT molecular complexity index is 1140. The number of allylic oxidation sites excluding steroid dienone is 1. The Balaban J connectivity index is 1.89. The SMILES string of the molecule is CCn1ncc(Br)c1C(=O)O[C@H]1C(C)=C[C@]23C(=O)[C@@H](C=C(CO)[C@@H](O)[C@]12O)[C@@H](C)C(C)(C)CC[C@H]3C. The van der Waals surface area contributed by atoms with Crippen LogP contribution in [0.15, 0.2) is 34.0 Å². The number of nitrogens with zero attached hydrogens (tertiary/aromatic N) is 2. The van der Waals surface area contributed by atoms with E-state index < -0.39 is 41.7 Å². The van der Waals surface area contributed by atoms with E-state index in [1.165, 1.54) is 10.9 Å². The summed E-state index contributed by atoms with van der Waals surface area (Å²) in [5.41, 5.74) is -3.01. The van der Waals surface area contributed by atoms with Gasteiger partial charge in [0.05, 0.1) is 22.7 Å². The van der Waals surface area contributed by atoms with Crippen molar-refractivity contribution in [3.63, 3.8) is 0 Å². The van der Waals surface area contributed by atoms with Gasteiger partial charge in [0.1, 0.15) is 6.10 Å². The van der Waals surface area contributed by atoms with Gasteiger partial charge in [0.2, 0.25) is 0 Å². The molecule has 0 unspecified atom stereocenters. The zero-order valence-electron chi connectivity index (χ0n) is 21.8. The Morgan fingerprint density at radius 3 is 2.61 bits per heavy atom. The maximum Gasteiger partial charge on any atom is 0.358 e. The van der Waals surface area contributed by atoms with E-state index in [4.69, 9.17) is 4.74 Å². The summed E-state index contributed by atoms with van der Waals surface area (Å²) >= 11 is 3.34. The molecule has 8 nitrogen and oxygen atoms in total. The van der Waals surface area contributed by atoms with E-state index >= 15 is 0 Å². The number of aryl methyl sites for hydroxylation is 1. The number of carbonyl (C=O) groups excluding carboxylic acids is 2. The number of rotatable bonds is 4. The number of fused-ring (bicyclic) bond motifs is 1. The zero-order valence-corrected chi connectivity index (χ0v) is 23.4. The smallest absolute Gasteiger partial charge is 0.358 e. The fraction of sp³-hybridized carbons (Fsp3) is 0.667. The predicted octanol–water partition coefficient (Wildman–Crippen LogP) is 3.44. The van der Waals surface area contributed by atoms with Crippen LogP contribution in [-0.2, 0) is 16.1 Å². The molecule has 1 spiro atoms. The molecule has 0 radical (unpaired) electrons. The third-order valence-electron chi connectivity index (χ3n) is 9.27. The molecule has 2 bridgehead atoms. The number of carbonyl (C=O) groups is 2. The fourth-order valence-corrected chi connectivity index (χ4v) is 7.14. The van der Waals surface area contributed by atoms with Crippen molar-refractivity contribution in [2.75, 3.05) is 6.61 Å². The second kappa shape index (κ2) is 9.19. The number of aliphatic hydroxyl groups is 3. The predicted molar refractivity (Wildman–Crippen MR) is 137 cm³/mol. The molecule has 4 rings (SSSR count). The van der Waals surface area contributed by atoms with E-state index in [-0.39, 0.29) is 34.3 Å². The monoisotopic (exact) mass is 564 g/mol. The fourth-order valence-electron chi connectivity index (χ4n) is 6.68. The van der Waals surface area contributed by atoms with Crippen molar-refractivity contribution in [1.82, 2.24) is 9.78 Å². The molecule has 0 saturated heterocycles. The van der Waals surface area contributed by atoms with Crippen LogP contribution in [-0.4, -0.2) is 61.3 Å². The average molecular weight is 566 g/mol. The first-order chi connectivity index (χ1) is 16.8. The molecule has 1 heterocycles. The van der Waals surface area contributed by atoms with Gasteiger partial charge in [-0.1, -0.05) is 39.8 Å². The summed E-state index contributed by atoms with van der Waals surface area (Å²) in [5, 5.41) is 38.6. The second-order valence-corrected chi connectivity index (χ2v) is 12.3. The number of ketones is 1. The van der Waals surface area contributed by atoms with Crippen LogP contribution in [0.3, 0.4) is 0 Å². The Kier molecular flexibility index (Phi) is 6.95. The van der Waals surface area contributed by atoms with Crippen molar-refractivity contribution in [3.8, 4) is 0 Å². The standard InChI is InChI=1S/C27H37BrN2O6/c1-7-30-20(19(28)12-29-30)24(34)36-23-14(2)11-26-15(3)8-9-25(5,6)16(4)18(22(26)33)10-17(13-31)21(32)27(23,26)35/h10-12,15-16,18,21,23,31-32,35H,7-9,13H2,1-6H3/t15-,16-,18+,21-,23+,26+,27+/m1/s1. The van der Waals surface area contributed by atoms with E-state index in [0.29, 0.717) is 23.0 Å². The number of esters is 1. The van der Waals surface area contributed by atoms with Crippen molar-refractivity contribution in [3.05, 3.63) is 39.7 Å². The Morgan fingerprint density at radius 1 is 1.33 bits per heavy atom. The molecule has 0 aliphatic heterocycles. The second-order valence-electron chi connectivity index (χ2n) is 11.4. The normalized spacial score (nSPS) is 37.8. The van der Waals surface area contributed by atoms with E-state index in [0.717, 1.165) is 6.42 Å². The number of hydrogen-bond donors (Lipinski definition) is 3. The third kappa shape index (κ3) is 3.61. The molecular formula is C27H37BrN2O6. The summed E-state index contributed by atoms with van der Waals surface area (Å²) in [4.78, 5) is 27.9. The minimum atomic E-state index is -2.18. The number of hydrogen-bond acceptors (Lipinski definition) is 7. The molecule has 3 N–H and O–H groups in total. The first kappa shape index (κ1) is 27.2. The lowest BCUT2D eigenvalue weighted by atomic mass is 9.54. The van der Waals surface area contributed by atoms with Crippen LogP contribution < -0.4 is 0 Å². The molecule has 3 aliphatic carbocycles. The minimum Gasteiger partial charge on any atom is -0.450 e. The van der Waals surface area contributed by atoms with Gasteiger partial charge in [0, 0.05) is 12.5 Å². The lowest BCUT2D eigenvalue weighted by Crippen LogP contribution is -2.66.